The Bertz CT molecular complexity index is 898. The lowest BCUT2D eigenvalue weighted by atomic mass is 10.1. The molecule has 0 aliphatic rings. The Morgan fingerprint density at radius 3 is 2.39 bits per heavy atom. The van der Waals surface area contributed by atoms with Crippen LogP contribution in [0.25, 0.3) is 0 Å². The van der Waals surface area contributed by atoms with E-state index in [0.717, 1.165) is 23.1 Å². The van der Waals surface area contributed by atoms with Crippen molar-refractivity contribution in [3.63, 3.8) is 0 Å². The number of benzene rings is 2. The third kappa shape index (κ3) is 5.73. The quantitative estimate of drug-likeness (QED) is 0.652. The summed E-state index contributed by atoms with van der Waals surface area (Å²) >= 11 is 0. The molecule has 0 fully saturated rings. The number of sulfonamides is 1. The van der Waals surface area contributed by atoms with Crippen LogP contribution >= 0.6 is 0 Å². The van der Waals surface area contributed by atoms with Crippen LogP contribution in [0.1, 0.15) is 24.5 Å². The molecular formula is C21H28N2O4S. The minimum absolute atomic E-state index is 0.287. The molecule has 0 aliphatic carbocycles. The molecule has 2 aromatic rings. The molecule has 1 N–H and O–H groups in total. The van der Waals surface area contributed by atoms with E-state index >= 15 is 0 Å². The van der Waals surface area contributed by atoms with Crippen LogP contribution in [0.4, 0.5) is 5.69 Å². The third-order valence-electron chi connectivity index (χ3n) is 4.33. The lowest BCUT2D eigenvalue weighted by molar-refractivity contribution is -0.122. The predicted octanol–water partition coefficient (Wildman–Crippen LogP) is 3.04. The number of aryl methyl sites for hydroxylation is 2. The Kier molecular flexibility index (Phi) is 7.45. The number of amides is 1. The van der Waals surface area contributed by atoms with Gasteiger partial charge in [0.1, 0.15) is 18.4 Å². The van der Waals surface area contributed by atoms with Crippen molar-refractivity contribution in [2.45, 2.75) is 33.2 Å². The van der Waals surface area contributed by atoms with Gasteiger partial charge in [0.15, 0.2) is 0 Å². The lowest BCUT2D eigenvalue weighted by Gasteiger charge is -2.30. The van der Waals surface area contributed by atoms with Crippen LogP contribution in [0.3, 0.4) is 0 Å². The first-order valence-electron chi connectivity index (χ1n) is 9.26. The zero-order valence-electron chi connectivity index (χ0n) is 16.8. The number of carbonyl (C=O) groups is 1. The Balaban J connectivity index is 2.01. The average Bonchev–Trinajstić information content (AvgIpc) is 2.64. The first kappa shape index (κ1) is 21.8. The maximum atomic E-state index is 12.7. The SMILES string of the molecule is CC[C@H](C(=O)NCCOc1ccc(C)cc1C)N(c1ccccc1)S(C)(=O)=O. The maximum absolute atomic E-state index is 12.7. The molecule has 0 unspecified atom stereocenters. The van der Waals surface area contributed by atoms with Gasteiger partial charge in [0.05, 0.1) is 18.5 Å². The molecular weight excluding hydrogens is 376 g/mol. The van der Waals surface area contributed by atoms with E-state index in [9.17, 15) is 13.2 Å². The van der Waals surface area contributed by atoms with Crippen molar-refractivity contribution >= 4 is 21.6 Å². The van der Waals surface area contributed by atoms with Gasteiger partial charge in [-0.15, -0.1) is 0 Å². The topological polar surface area (TPSA) is 75.7 Å². The van der Waals surface area contributed by atoms with Crippen molar-refractivity contribution < 1.29 is 17.9 Å². The van der Waals surface area contributed by atoms with E-state index in [2.05, 4.69) is 5.32 Å². The summed E-state index contributed by atoms with van der Waals surface area (Å²) in [5.74, 6) is 0.426. The van der Waals surface area contributed by atoms with E-state index in [1.165, 1.54) is 4.31 Å². The zero-order chi connectivity index (χ0) is 20.7. The number of hydrogen-bond acceptors (Lipinski definition) is 4. The van der Waals surface area contributed by atoms with Gasteiger partial charge < -0.3 is 10.1 Å². The normalized spacial score (nSPS) is 12.3. The van der Waals surface area contributed by atoms with Crippen LogP contribution in [0.5, 0.6) is 5.75 Å². The van der Waals surface area contributed by atoms with E-state index in [0.29, 0.717) is 18.7 Å². The minimum atomic E-state index is -3.62. The van der Waals surface area contributed by atoms with Crippen LogP contribution < -0.4 is 14.4 Å². The Morgan fingerprint density at radius 2 is 1.82 bits per heavy atom. The first-order valence-corrected chi connectivity index (χ1v) is 11.1. The average molecular weight is 405 g/mol. The highest BCUT2D eigenvalue weighted by Gasteiger charge is 2.31. The van der Waals surface area contributed by atoms with Crippen LogP contribution in [0, 0.1) is 13.8 Å². The number of ether oxygens (including phenoxy) is 1. The molecule has 28 heavy (non-hydrogen) atoms. The number of anilines is 1. The molecule has 0 radical (unpaired) electrons. The zero-order valence-corrected chi connectivity index (χ0v) is 17.6. The molecule has 152 valence electrons. The predicted molar refractivity (Wildman–Crippen MR) is 112 cm³/mol. The molecule has 0 bridgehead atoms. The van der Waals surface area contributed by atoms with Gasteiger partial charge in [0.25, 0.3) is 0 Å². The lowest BCUT2D eigenvalue weighted by Crippen LogP contribution is -2.49. The fraction of sp³-hybridized carbons (Fsp3) is 0.381. The van der Waals surface area contributed by atoms with Gasteiger partial charge in [-0.2, -0.15) is 0 Å². The van der Waals surface area contributed by atoms with Crippen LogP contribution in [-0.4, -0.2) is 39.8 Å². The van der Waals surface area contributed by atoms with Gasteiger partial charge in [-0.25, -0.2) is 8.42 Å². The summed E-state index contributed by atoms with van der Waals surface area (Å²) in [6.07, 6.45) is 1.46. The Morgan fingerprint density at radius 1 is 1.14 bits per heavy atom. The van der Waals surface area contributed by atoms with Gasteiger partial charge in [-0.05, 0) is 44.0 Å². The summed E-state index contributed by atoms with van der Waals surface area (Å²) in [4.78, 5) is 12.7. The summed E-state index contributed by atoms with van der Waals surface area (Å²) in [6, 6.07) is 13.7. The number of nitrogens with one attached hydrogen (secondary N) is 1. The summed E-state index contributed by atoms with van der Waals surface area (Å²) < 4.78 is 31.6. The van der Waals surface area contributed by atoms with Gasteiger partial charge in [-0.3, -0.25) is 9.10 Å². The summed E-state index contributed by atoms with van der Waals surface area (Å²) in [5.41, 5.74) is 2.66. The molecule has 7 heteroatoms. The van der Waals surface area contributed by atoms with Crippen molar-refractivity contribution in [2.24, 2.45) is 0 Å². The second kappa shape index (κ2) is 9.59. The van der Waals surface area contributed by atoms with E-state index < -0.39 is 16.1 Å². The molecule has 1 amide bonds. The molecule has 0 saturated carbocycles. The second-order valence-electron chi connectivity index (χ2n) is 6.73. The van der Waals surface area contributed by atoms with Crippen LogP contribution in [0.15, 0.2) is 48.5 Å². The summed E-state index contributed by atoms with van der Waals surface area (Å²) in [6.45, 7) is 6.36. The third-order valence-corrected chi connectivity index (χ3v) is 5.51. The standard InChI is InChI=1S/C21H28N2O4S/c1-5-19(23(28(4,25)26)18-9-7-6-8-10-18)21(24)22-13-14-27-20-12-11-16(2)15-17(20)3/h6-12,15,19H,5,13-14H2,1-4H3,(H,22,24)/t19-/m1/s1. The monoisotopic (exact) mass is 404 g/mol. The van der Waals surface area contributed by atoms with E-state index in [-0.39, 0.29) is 12.5 Å². The van der Waals surface area contributed by atoms with Gasteiger partial charge in [0, 0.05) is 0 Å². The largest absolute Gasteiger partial charge is 0.491 e. The Hall–Kier alpha value is -2.54. The first-order chi connectivity index (χ1) is 13.2. The van der Waals surface area contributed by atoms with Gasteiger partial charge in [-0.1, -0.05) is 42.8 Å². The highest BCUT2D eigenvalue weighted by atomic mass is 32.2. The minimum Gasteiger partial charge on any atom is -0.491 e. The van der Waals surface area contributed by atoms with Crippen molar-refractivity contribution in [3.8, 4) is 5.75 Å². The number of para-hydroxylation sites is 1. The molecule has 0 saturated heterocycles. The van der Waals surface area contributed by atoms with Gasteiger partial charge >= 0.3 is 0 Å². The van der Waals surface area contributed by atoms with Gasteiger partial charge in [0.2, 0.25) is 15.9 Å². The molecule has 0 heterocycles. The fourth-order valence-electron chi connectivity index (χ4n) is 3.05. The van der Waals surface area contributed by atoms with Crippen molar-refractivity contribution in [1.82, 2.24) is 5.32 Å². The van der Waals surface area contributed by atoms with Crippen LogP contribution in [-0.2, 0) is 14.8 Å². The smallest absolute Gasteiger partial charge is 0.244 e. The van der Waals surface area contributed by atoms with Crippen molar-refractivity contribution in [3.05, 3.63) is 59.7 Å². The number of carbonyl (C=O) groups excluding carboxylic acids is 1. The molecule has 0 aromatic heterocycles. The summed E-state index contributed by atoms with van der Waals surface area (Å²) in [7, 11) is -3.62. The molecule has 2 aromatic carbocycles. The number of hydrogen-bond donors (Lipinski definition) is 1. The van der Waals surface area contributed by atoms with Crippen molar-refractivity contribution in [1.29, 1.82) is 0 Å². The maximum Gasteiger partial charge on any atom is 0.244 e. The molecule has 2 rings (SSSR count). The number of rotatable bonds is 9. The highest BCUT2D eigenvalue weighted by Crippen LogP contribution is 2.22. The number of nitrogens with zero attached hydrogens (tertiary/aromatic N) is 1. The van der Waals surface area contributed by atoms with Crippen molar-refractivity contribution in [2.75, 3.05) is 23.7 Å². The second-order valence-corrected chi connectivity index (χ2v) is 8.59. The molecule has 6 nitrogen and oxygen atoms in total. The van der Waals surface area contributed by atoms with E-state index in [1.807, 2.05) is 32.0 Å². The van der Waals surface area contributed by atoms with E-state index in [1.54, 1.807) is 37.3 Å². The Labute approximate surface area is 167 Å². The highest BCUT2D eigenvalue weighted by molar-refractivity contribution is 7.92. The molecule has 0 spiro atoms. The van der Waals surface area contributed by atoms with Crippen LogP contribution in [0.2, 0.25) is 0 Å². The molecule has 1 atom stereocenters. The molecule has 0 aliphatic heterocycles. The summed E-state index contributed by atoms with van der Waals surface area (Å²) in [5, 5.41) is 2.79. The fourth-order valence-corrected chi connectivity index (χ4v) is 4.26. The van der Waals surface area contributed by atoms with E-state index in [4.69, 9.17) is 4.74 Å².